The van der Waals surface area contributed by atoms with Crippen LogP contribution in [0.3, 0.4) is 0 Å². The van der Waals surface area contributed by atoms with Crippen LogP contribution >= 0.6 is 0 Å². The molecule has 0 saturated heterocycles. The first kappa shape index (κ1) is 11.4. The Kier molecular flexibility index (Phi) is 3.11. The van der Waals surface area contributed by atoms with Gasteiger partial charge in [-0.15, -0.1) is 0 Å². The minimum Gasteiger partial charge on any atom is -0.334 e. The van der Waals surface area contributed by atoms with Crippen molar-refractivity contribution in [2.24, 2.45) is 5.73 Å². The highest BCUT2D eigenvalue weighted by Gasteiger charge is 2.24. The predicted molar refractivity (Wildman–Crippen MR) is 69.1 cm³/mol. The minimum atomic E-state index is 0.513. The van der Waals surface area contributed by atoms with Crippen LogP contribution in [0.1, 0.15) is 36.6 Å². The lowest BCUT2D eigenvalue weighted by Gasteiger charge is -2.20. The van der Waals surface area contributed by atoms with Crippen molar-refractivity contribution in [2.75, 3.05) is 6.54 Å². The zero-order valence-electron chi connectivity index (χ0n) is 10.3. The highest BCUT2D eigenvalue weighted by atomic mass is 16.5. The van der Waals surface area contributed by atoms with Gasteiger partial charge in [0.2, 0.25) is 0 Å². The molecule has 4 nitrogen and oxygen atoms in total. The van der Waals surface area contributed by atoms with E-state index in [1.165, 1.54) is 24.8 Å². The summed E-state index contributed by atoms with van der Waals surface area (Å²) in [5, 5.41) is 4.07. The number of benzene rings is 1. The molecule has 2 aromatic rings. The molecule has 4 heteroatoms. The van der Waals surface area contributed by atoms with Gasteiger partial charge >= 0.3 is 0 Å². The smallest absolute Gasteiger partial charge is 0.257 e. The van der Waals surface area contributed by atoms with Gasteiger partial charge in [-0.1, -0.05) is 23.7 Å². The van der Waals surface area contributed by atoms with E-state index in [1.54, 1.807) is 0 Å². The first-order valence-electron chi connectivity index (χ1n) is 6.50. The molecule has 1 aromatic heterocycles. The van der Waals surface area contributed by atoms with Crippen molar-refractivity contribution < 1.29 is 4.52 Å². The van der Waals surface area contributed by atoms with E-state index in [1.807, 2.05) is 12.1 Å². The van der Waals surface area contributed by atoms with Crippen LogP contribution in [0, 0.1) is 0 Å². The average molecular weight is 243 g/mol. The fourth-order valence-electron chi connectivity index (χ4n) is 2.17. The zero-order valence-corrected chi connectivity index (χ0v) is 10.3. The number of nitrogens with zero attached hydrogens (tertiary/aromatic N) is 2. The quantitative estimate of drug-likeness (QED) is 0.896. The van der Waals surface area contributed by atoms with Crippen molar-refractivity contribution in [3.05, 3.63) is 35.7 Å². The van der Waals surface area contributed by atoms with E-state index in [0.29, 0.717) is 18.4 Å². The summed E-state index contributed by atoms with van der Waals surface area (Å²) >= 11 is 0. The monoisotopic (exact) mass is 243 g/mol. The summed E-state index contributed by atoms with van der Waals surface area (Å²) in [5.41, 5.74) is 7.74. The van der Waals surface area contributed by atoms with Crippen molar-refractivity contribution in [2.45, 2.75) is 31.6 Å². The summed E-state index contributed by atoms with van der Waals surface area (Å²) in [5.74, 6) is 2.00. The molecule has 1 aromatic carbocycles. The maximum absolute atomic E-state index is 5.53. The molecule has 94 valence electrons. The number of aromatic nitrogens is 2. The molecule has 1 heterocycles. The first-order chi connectivity index (χ1) is 8.86. The van der Waals surface area contributed by atoms with E-state index in [0.717, 1.165) is 17.8 Å². The van der Waals surface area contributed by atoms with Crippen molar-refractivity contribution in [3.63, 3.8) is 0 Å². The average Bonchev–Trinajstić information content (AvgIpc) is 2.77. The molecule has 0 atom stereocenters. The Hall–Kier alpha value is -1.68. The molecule has 1 saturated carbocycles. The van der Waals surface area contributed by atoms with Crippen LogP contribution < -0.4 is 5.73 Å². The van der Waals surface area contributed by atoms with Gasteiger partial charge in [0.05, 0.1) is 0 Å². The van der Waals surface area contributed by atoms with Crippen LogP contribution in [0.4, 0.5) is 0 Å². The second-order valence-electron chi connectivity index (χ2n) is 4.82. The summed E-state index contributed by atoms with van der Waals surface area (Å²) in [4.78, 5) is 4.48. The first-order valence-corrected chi connectivity index (χ1v) is 6.50. The van der Waals surface area contributed by atoms with E-state index in [-0.39, 0.29) is 0 Å². The third-order valence-electron chi connectivity index (χ3n) is 3.55. The molecule has 0 radical (unpaired) electrons. The third-order valence-corrected chi connectivity index (χ3v) is 3.55. The van der Waals surface area contributed by atoms with Crippen molar-refractivity contribution >= 4 is 0 Å². The van der Waals surface area contributed by atoms with E-state index < -0.39 is 0 Å². The van der Waals surface area contributed by atoms with Crippen LogP contribution in [-0.4, -0.2) is 16.7 Å². The Bertz CT molecular complexity index is 514. The van der Waals surface area contributed by atoms with Crippen LogP contribution in [0.5, 0.6) is 0 Å². The standard InChI is InChI=1S/C14H17N3O/c15-9-8-10-4-6-12(7-5-10)14-16-13(17-18-14)11-2-1-3-11/h4-7,11H,1-3,8-9,15H2. The van der Waals surface area contributed by atoms with Gasteiger partial charge in [-0.05, 0) is 43.5 Å². The molecule has 18 heavy (non-hydrogen) atoms. The highest BCUT2D eigenvalue weighted by molar-refractivity contribution is 5.53. The van der Waals surface area contributed by atoms with Gasteiger partial charge in [0.25, 0.3) is 5.89 Å². The molecule has 0 aliphatic heterocycles. The normalized spacial score (nSPS) is 15.6. The molecule has 0 unspecified atom stereocenters. The van der Waals surface area contributed by atoms with Gasteiger partial charge in [-0.2, -0.15) is 4.98 Å². The van der Waals surface area contributed by atoms with Crippen molar-refractivity contribution in [3.8, 4) is 11.5 Å². The molecule has 3 rings (SSSR count). The second kappa shape index (κ2) is 4.90. The van der Waals surface area contributed by atoms with Crippen LogP contribution in [-0.2, 0) is 6.42 Å². The van der Waals surface area contributed by atoms with Gasteiger partial charge in [0.1, 0.15) is 0 Å². The molecule has 1 aliphatic rings. The molecule has 0 amide bonds. The van der Waals surface area contributed by atoms with Gasteiger partial charge < -0.3 is 10.3 Å². The topological polar surface area (TPSA) is 64.9 Å². The Balaban J connectivity index is 1.78. The lowest BCUT2D eigenvalue weighted by Crippen LogP contribution is -2.10. The van der Waals surface area contributed by atoms with Crippen LogP contribution in [0.15, 0.2) is 28.8 Å². The van der Waals surface area contributed by atoms with Gasteiger partial charge in [-0.3, -0.25) is 0 Å². The third kappa shape index (κ3) is 2.16. The fourth-order valence-corrected chi connectivity index (χ4v) is 2.17. The largest absolute Gasteiger partial charge is 0.334 e. The van der Waals surface area contributed by atoms with E-state index in [2.05, 4.69) is 22.3 Å². The molecule has 0 bridgehead atoms. The minimum absolute atomic E-state index is 0.513. The maximum Gasteiger partial charge on any atom is 0.257 e. The van der Waals surface area contributed by atoms with Crippen molar-refractivity contribution in [1.29, 1.82) is 0 Å². The Labute approximate surface area is 106 Å². The molecular weight excluding hydrogens is 226 g/mol. The highest BCUT2D eigenvalue weighted by Crippen LogP contribution is 2.35. The van der Waals surface area contributed by atoms with E-state index >= 15 is 0 Å². The lowest BCUT2D eigenvalue weighted by atomic mass is 9.85. The summed E-state index contributed by atoms with van der Waals surface area (Å²) in [6.45, 7) is 0.672. The molecule has 2 N–H and O–H groups in total. The molecular formula is C14H17N3O. The summed E-state index contributed by atoms with van der Waals surface area (Å²) in [6.07, 6.45) is 4.56. The van der Waals surface area contributed by atoms with Crippen molar-refractivity contribution in [1.82, 2.24) is 10.1 Å². The fraction of sp³-hybridized carbons (Fsp3) is 0.429. The van der Waals surface area contributed by atoms with Crippen LogP contribution in [0.2, 0.25) is 0 Å². The summed E-state index contributed by atoms with van der Waals surface area (Å²) in [7, 11) is 0. The second-order valence-corrected chi connectivity index (χ2v) is 4.82. The maximum atomic E-state index is 5.53. The number of rotatable bonds is 4. The van der Waals surface area contributed by atoms with Gasteiger partial charge in [0, 0.05) is 11.5 Å². The van der Waals surface area contributed by atoms with E-state index in [9.17, 15) is 0 Å². The molecule has 1 aliphatic carbocycles. The van der Waals surface area contributed by atoms with E-state index in [4.69, 9.17) is 10.3 Å². The molecule has 1 fully saturated rings. The van der Waals surface area contributed by atoms with Crippen LogP contribution in [0.25, 0.3) is 11.5 Å². The number of hydrogen-bond acceptors (Lipinski definition) is 4. The summed E-state index contributed by atoms with van der Waals surface area (Å²) in [6, 6.07) is 8.16. The van der Waals surface area contributed by atoms with Gasteiger partial charge in [-0.25, -0.2) is 0 Å². The van der Waals surface area contributed by atoms with Gasteiger partial charge in [0.15, 0.2) is 5.82 Å². The number of nitrogens with two attached hydrogens (primary N) is 1. The molecule has 0 spiro atoms. The Morgan fingerprint density at radius 1 is 1.22 bits per heavy atom. The Morgan fingerprint density at radius 3 is 2.61 bits per heavy atom. The zero-order chi connectivity index (χ0) is 12.4. The summed E-state index contributed by atoms with van der Waals surface area (Å²) < 4.78 is 5.32. The number of hydrogen-bond donors (Lipinski definition) is 1. The Morgan fingerprint density at radius 2 is 2.00 bits per heavy atom. The SMILES string of the molecule is NCCc1ccc(-c2nc(C3CCC3)no2)cc1. The predicted octanol–water partition coefficient (Wildman–Crippen LogP) is 2.51. The lowest BCUT2D eigenvalue weighted by molar-refractivity contribution is 0.366.